The molecule has 3 N–H and O–H groups in total. The molecule has 0 radical (unpaired) electrons. The molecule has 3 rings (SSSR count). The van der Waals surface area contributed by atoms with Crippen molar-refractivity contribution in [2.45, 2.75) is 6.54 Å². The van der Waals surface area contributed by atoms with Gasteiger partial charge in [0.1, 0.15) is 5.75 Å². The van der Waals surface area contributed by atoms with Gasteiger partial charge in [-0.25, -0.2) is 4.98 Å². The maximum Gasteiger partial charge on any atom is 0.264 e. The van der Waals surface area contributed by atoms with Gasteiger partial charge in [-0.2, -0.15) is 0 Å². The van der Waals surface area contributed by atoms with Gasteiger partial charge in [0.2, 0.25) is 0 Å². The number of halogens is 1. The lowest BCUT2D eigenvalue weighted by molar-refractivity contribution is -0.120. The third kappa shape index (κ3) is 2.08. The highest BCUT2D eigenvalue weighted by atomic mass is 79.9. The number of fused-ring (bicyclic) bond motifs is 1. The number of benzene rings is 1. The third-order valence-corrected chi connectivity index (χ3v) is 3.65. The molecule has 0 spiro atoms. The summed E-state index contributed by atoms with van der Waals surface area (Å²) in [5, 5.41) is 0. The number of carbonyl (C=O) groups is 1. The Morgan fingerprint density at radius 3 is 3.10 bits per heavy atom. The number of ether oxygens (including phenoxy) is 1. The van der Waals surface area contributed by atoms with Crippen LogP contribution in [0.15, 0.2) is 22.9 Å². The second kappa shape index (κ2) is 4.92. The van der Waals surface area contributed by atoms with Crippen LogP contribution < -0.4 is 15.4 Å². The molecular weight excluding hydrogens is 324 g/mol. The van der Waals surface area contributed by atoms with Gasteiger partial charge in [0.25, 0.3) is 5.91 Å². The minimum absolute atomic E-state index is 0.0723. The van der Waals surface area contributed by atoms with E-state index in [1.807, 2.05) is 18.2 Å². The normalized spacial score (nSPS) is 14.2. The Labute approximate surface area is 124 Å². The molecule has 0 saturated heterocycles. The standard InChI is InChI=1S/C13H13BrN4O2/c1-18-9-4-7(2-3-10(9)20-6-11(18)19)12-8(5-15)16-13(14)17-12/h2-4H,5-6,15H2,1H3,(H,16,17). The zero-order valence-electron chi connectivity index (χ0n) is 10.8. The van der Waals surface area contributed by atoms with Crippen molar-refractivity contribution >= 4 is 27.5 Å². The first-order chi connectivity index (χ1) is 9.60. The smallest absolute Gasteiger partial charge is 0.264 e. The van der Waals surface area contributed by atoms with E-state index in [0.29, 0.717) is 17.0 Å². The van der Waals surface area contributed by atoms with Crippen molar-refractivity contribution < 1.29 is 9.53 Å². The van der Waals surface area contributed by atoms with Gasteiger partial charge in [0.15, 0.2) is 11.3 Å². The number of carbonyl (C=O) groups excluding carboxylic acids is 1. The molecule has 1 aromatic heterocycles. The number of H-pyrrole nitrogens is 1. The fourth-order valence-electron chi connectivity index (χ4n) is 2.18. The maximum atomic E-state index is 11.7. The summed E-state index contributed by atoms with van der Waals surface area (Å²) in [7, 11) is 1.73. The number of hydrogen-bond donors (Lipinski definition) is 2. The van der Waals surface area contributed by atoms with Gasteiger partial charge in [0, 0.05) is 19.2 Å². The SMILES string of the molecule is CN1C(=O)COc2ccc(-c3nc(Br)[nH]c3CN)cc21. The Morgan fingerprint density at radius 1 is 1.55 bits per heavy atom. The zero-order chi connectivity index (χ0) is 14.3. The molecule has 1 aliphatic heterocycles. The first-order valence-corrected chi connectivity index (χ1v) is 6.87. The van der Waals surface area contributed by atoms with E-state index < -0.39 is 0 Å². The Kier molecular flexibility index (Phi) is 3.23. The molecule has 7 heteroatoms. The van der Waals surface area contributed by atoms with Gasteiger partial charge in [0.05, 0.1) is 17.1 Å². The molecule has 1 aromatic carbocycles. The van der Waals surface area contributed by atoms with Crippen LogP contribution in [0.25, 0.3) is 11.3 Å². The molecule has 1 aliphatic rings. The molecule has 2 aromatic rings. The summed E-state index contributed by atoms with van der Waals surface area (Å²) in [6.45, 7) is 0.432. The van der Waals surface area contributed by atoms with E-state index >= 15 is 0 Å². The van der Waals surface area contributed by atoms with E-state index in [9.17, 15) is 4.79 Å². The van der Waals surface area contributed by atoms with Crippen LogP contribution in [0.4, 0.5) is 5.69 Å². The molecule has 0 bridgehead atoms. The van der Waals surface area contributed by atoms with Crippen LogP contribution in [0.1, 0.15) is 5.69 Å². The van der Waals surface area contributed by atoms with Crippen molar-refractivity contribution in [2.75, 3.05) is 18.6 Å². The lowest BCUT2D eigenvalue weighted by Crippen LogP contribution is -2.35. The molecule has 6 nitrogen and oxygen atoms in total. The lowest BCUT2D eigenvalue weighted by Gasteiger charge is -2.26. The van der Waals surface area contributed by atoms with E-state index in [1.54, 1.807) is 11.9 Å². The second-order valence-corrected chi connectivity index (χ2v) is 5.23. The topological polar surface area (TPSA) is 84.2 Å². The van der Waals surface area contributed by atoms with Gasteiger partial charge in [-0.05, 0) is 34.1 Å². The molecule has 0 unspecified atom stereocenters. The molecule has 0 aliphatic carbocycles. The van der Waals surface area contributed by atoms with Gasteiger partial charge < -0.3 is 20.4 Å². The molecule has 0 atom stereocenters. The number of aromatic nitrogens is 2. The Balaban J connectivity index is 2.10. The number of anilines is 1. The van der Waals surface area contributed by atoms with E-state index in [-0.39, 0.29) is 12.5 Å². The molecule has 0 fully saturated rings. The first kappa shape index (κ1) is 13.1. The van der Waals surface area contributed by atoms with Crippen LogP contribution in [-0.2, 0) is 11.3 Å². The van der Waals surface area contributed by atoms with Crippen LogP contribution in [0.2, 0.25) is 0 Å². The molecule has 104 valence electrons. The van der Waals surface area contributed by atoms with Crippen LogP contribution in [0.5, 0.6) is 5.75 Å². The van der Waals surface area contributed by atoms with Crippen LogP contribution in [0.3, 0.4) is 0 Å². The van der Waals surface area contributed by atoms with Crippen molar-refractivity contribution in [3.05, 3.63) is 28.6 Å². The monoisotopic (exact) mass is 336 g/mol. The summed E-state index contributed by atoms with van der Waals surface area (Å²) in [5.74, 6) is 0.622. The highest BCUT2D eigenvalue weighted by Gasteiger charge is 2.23. The van der Waals surface area contributed by atoms with Gasteiger partial charge in [-0.1, -0.05) is 0 Å². The highest BCUT2D eigenvalue weighted by molar-refractivity contribution is 9.10. The number of imidazole rings is 1. The van der Waals surface area contributed by atoms with Gasteiger partial charge in [-0.15, -0.1) is 0 Å². The number of hydrogen-bond acceptors (Lipinski definition) is 4. The highest BCUT2D eigenvalue weighted by Crippen LogP contribution is 2.35. The Hall–Kier alpha value is -1.86. The summed E-state index contributed by atoms with van der Waals surface area (Å²) >= 11 is 3.31. The first-order valence-electron chi connectivity index (χ1n) is 6.08. The van der Waals surface area contributed by atoms with Gasteiger partial charge >= 0.3 is 0 Å². The molecule has 20 heavy (non-hydrogen) atoms. The van der Waals surface area contributed by atoms with Crippen molar-refractivity contribution in [1.29, 1.82) is 0 Å². The number of amides is 1. The van der Waals surface area contributed by atoms with Crippen molar-refractivity contribution in [3.63, 3.8) is 0 Å². The van der Waals surface area contributed by atoms with Crippen LogP contribution in [0, 0.1) is 0 Å². The Morgan fingerprint density at radius 2 is 2.35 bits per heavy atom. The number of nitrogens with one attached hydrogen (secondary N) is 1. The van der Waals surface area contributed by atoms with E-state index in [0.717, 1.165) is 22.6 Å². The third-order valence-electron chi connectivity index (χ3n) is 3.27. The van der Waals surface area contributed by atoms with Crippen molar-refractivity contribution in [1.82, 2.24) is 9.97 Å². The summed E-state index contributed by atoms with van der Waals surface area (Å²) < 4.78 is 6.04. The predicted molar refractivity (Wildman–Crippen MR) is 78.5 cm³/mol. The maximum absolute atomic E-state index is 11.7. The average molecular weight is 337 g/mol. The summed E-state index contributed by atoms with van der Waals surface area (Å²) in [4.78, 5) is 20.7. The van der Waals surface area contributed by atoms with Crippen LogP contribution >= 0.6 is 15.9 Å². The summed E-state index contributed by atoms with van der Waals surface area (Å²) in [5.41, 5.74) is 8.94. The molecule has 1 amide bonds. The van der Waals surface area contributed by atoms with Crippen molar-refractivity contribution in [3.8, 4) is 17.0 Å². The minimum atomic E-state index is -0.0723. The van der Waals surface area contributed by atoms with Crippen molar-refractivity contribution in [2.24, 2.45) is 5.73 Å². The van der Waals surface area contributed by atoms with Gasteiger partial charge in [-0.3, -0.25) is 4.79 Å². The molecular formula is C13H13BrN4O2. The molecule has 2 heterocycles. The number of aromatic amines is 1. The van der Waals surface area contributed by atoms with E-state index in [1.165, 1.54) is 0 Å². The fraction of sp³-hybridized carbons (Fsp3) is 0.231. The Bertz CT molecular complexity index is 683. The number of likely N-dealkylation sites (N-methyl/N-ethyl adjacent to an activating group) is 1. The lowest BCUT2D eigenvalue weighted by atomic mass is 10.1. The number of nitrogens with zero attached hydrogens (tertiary/aromatic N) is 2. The second-order valence-electron chi connectivity index (χ2n) is 4.48. The van der Waals surface area contributed by atoms with E-state index in [4.69, 9.17) is 10.5 Å². The quantitative estimate of drug-likeness (QED) is 0.873. The largest absolute Gasteiger partial charge is 0.482 e. The summed E-state index contributed by atoms with van der Waals surface area (Å²) in [6, 6.07) is 5.63. The predicted octanol–water partition coefficient (Wildman–Crippen LogP) is 1.65. The average Bonchev–Trinajstić information content (AvgIpc) is 2.84. The van der Waals surface area contributed by atoms with E-state index in [2.05, 4.69) is 25.9 Å². The fourth-order valence-corrected chi connectivity index (χ4v) is 2.60. The number of nitrogens with two attached hydrogens (primary N) is 1. The zero-order valence-corrected chi connectivity index (χ0v) is 12.4. The summed E-state index contributed by atoms with van der Waals surface area (Å²) in [6.07, 6.45) is 0. The molecule has 0 saturated carbocycles. The minimum Gasteiger partial charge on any atom is -0.482 e. The van der Waals surface area contributed by atoms with Crippen LogP contribution in [-0.4, -0.2) is 29.5 Å². The number of rotatable bonds is 2.